The smallest absolute Gasteiger partial charge is 0.0354 e. The van der Waals surface area contributed by atoms with E-state index in [1.165, 1.54) is 19.3 Å². The van der Waals surface area contributed by atoms with E-state index in [0.29, 0.717) is 17.3 Å². The molecule has 0 saturated heterocycles. The van der Waals surface area contributed by atoms with E-state index in [1.54, 1.807) is 0 Å². The first-order valence-corrected chi connectivity index (χ1v) is 7.15. The fourth-order valence-corrected chi connectivity index (χ4v) is 3.68. The van der Waals surface area contributed by atoms with Crippen LogP contribution in [0.5, 0.6) is 0 Å². The van der Waals surface area contributed by atoms with Gasteiger partial charge in [-0.25, -0.2) is 0 Å². The number of nitrogens with two attached hydrogens (primary N) is 1. The number of nitrogens with zero attached hydrogens (tertiary/aromatic N) is 1. The summed E-state index contributed by atoms with van der Waals surface area (Å²) in [5.74, 6) is 1.41. The van der Waals surface area contributed by atoms with Gasteiger partial charge in [0, 0.05) is 18.6 Å². The molecule has 1 aliphatic carbocycles. The fourth-order valence-electron chi connectivity index (χ4n) is 3.68. The van der Waals surface area contributed by atoms with Crippen LogP contribution in [0, 0.1) is 17.3 Å². The summed E-state index contributed by atoms with van der Waals surface area (Å²) in [6, 6.07) is 0. The molecule has 2 atom stereocenters. The molecule has 2 nitrogen and oxygen atoms in total. The van der Waals surface area contributed by atoms with Gasteiger partial charge in [-0.05, 0) is 43.6 Å². The van der Waals surface area contributed by atoms with Gasteiger partial charge < -0.3 is 5.73 Å². The number of hydrogen-bond donors (Lipinski definition) is 1. The Labute approximate surface area is 108 Å². The van der Waals surface area contributed by atoms with Gasteiger partial charge in [0.25, 0.3) is 0 Å². The standard InChI is InChI=1S/C15H32N2/c1-12(2)10-17(6)15(11-16)8-7-14(4,5)9-13(15)3/h12-13H,7-11,16H2,1-6H3. The van der Waals surface area contributed by atoms with Gasteiger partial charge in [-0.3, -0.25) is 4.90 Å². The predicted molar refractivity (Wildman–Crippen MR) is 76.0 cm³/mol. The molecule has 0 aliphatic heterocycles. The molecule has 2 unspecified atom stereocenters. The maximum atomic E-state index is 6.15. The van der Waals surface area contributed by atoms with Gasteiger partial charge in [0.15, 0.2) is 0 Å². The van der Waals surface area contributed by atoms with Crippen molar-refractivity contribution in [1.29, 1.82) is 0 Å². The van der Waals surface area contributed by atoms with Crippen molar-refractivity contribution in [3.8, 4) is 0 Å². The largest absolute Gasteiger partial charge is 0.329 e. The highest BCUT2D eigenvalue weighted by molar-refractivity contribution is 5.01. The number of rotatable bonds is 4. The van der Waals surface area contributed by atoms with Crippen LogP contribution >= 0.6 is 0 Å². The molecule has 17 heavy (non-hydrogen) atoms. The van der Waals surface area contributed by atoms with E-state index in [2.05, 4.69) is 46.6 Å². The molecular weight excluding hydrogens is 208 g/mol. The summed E-state index contributed by atoms with van der Waals surface area (Å²) in [6.45, 7) is 13.7. The third-order valence-corrected chi connectivity index (χ3v) is 4.76. The molecule has 2 heteroatoms. The van der Waals surface area contributed by atoms with Crippen molar-refractivity contribution in [2.24, 2.45) is 23.0 Å². The van der Waals surface area contributed by atoms with Crippen molar-refractivity contribution in [3.05, 3.63) is 0 Å². The molecule has 0 amide bonds. The lowest BCUT2D eigenvalue weighted by Crippen LogP contribution is -2.60. The molecule has 0 spiro atoms. The zero-order chi connectivity index (χ0) is 13.3. The van der Waals surface area contributed by atoms with E-state index < -0.39 is 0 Å². The second kappa shape index (κ2) is 5.27. The van der Waals surface area contributed by atoms with Gasteiger partial charge >= 0.3 is 0 Å². The topological polar surface area (TPSA) is 29.3 Å². The van der Waals surface area contributed by atoms with E-state index in [4.69, 9.17) is 5.73 Å². The minimum absolute atomic E-state index is 0.236. The summed E-state index contributed by atoms with van der Waals surface area (Å²) in [7, 11) is 2.27. The van der Waals surface area contributed by atoms with Crippen LogP contribution in [0.3, 0.4) is 0 Å². The van der Waals surface area contributed by atoms with E-state index in [9.17, 15) is 0 Å². The maximum absolute atomic E-state index is 6.15. The van der Waals surface area contributed by atoms with Crippen LogP contribution in [0.25, 0.3) is 0 Å². The van der Waals surface area contributed by atoms with Crippen LogP contribution in [-0.2, 0) is 0 Å². The maximum Gasteiger partial charge on any atom is 0.0354 e. The van der Waals surface area contributed by atoms with E-state index in [1.807, 2.05) is 0 Å². The monoisotopic (exact) mass is 240 g/mol. The van der Waals surface area contributed by atoms with E-state index in [0.717, 1.165) is 13.1 Å². The molecule has 0 radical (unpaired) electrons. The number of likely N-dealkylation sites (N-methyl/N-ethyl adjacent to an activating group) is 1. The Kier molecular flexibility index (Phi) is 4.65. The molecule has 102 valence electrons. The minimum Gasteiger partial charge on any atom is -0.329 e. The third-order valence-electron chi connectivity index (χ3n) is 4.76. The van der Waals surface area contributed by atoms with Crippen molar-refractivity contribution >= 4 is 0 Å². The second-order valence-electron chi connectivity index (χ2n) is 7.35. The van der Waals surface area contributed by atoms with Crippen molar-refractivity contribution in [1.82, 2.24) is 4.90 Å². The molecular formula is C15H32N2. The van der Waals surface area contributed by atoms with Gasteiger partial charge in [0.05, 0.1) is 0 Å². The van der Waals surface area contributed by atoms with Gasteiger partial charge in [-0.15, -0.1) is 0 Å². The minimum atomic E-state index is 0.236. The Morgan fingerprint density at radius 3 is 2.29 bits per heavy atom. The lowest BCUT2D eigenvalue weighted by atomic mass is 9.63. The van der Waals surface area contributed by atoms with Crippen LogP contribution < -0.4 is 5.73 Å². The second-order valence-corrected chi connectivity index (χ2v) is 7.35. The highest BCUT2D eigenvalue weighted by Crippen LogP contribution is 2.45. The summed E-state index contributed by atoms with van der Waals surface area (Å²) in [6.07, 6.45) is 3.85. The van der Waals surface area contributed by atoms with E-state index in [-0.39, 0.29) is 5.54 Å². The first-order valence-electron chi connectivity index (χ1n) is 7.15. The molecule has 0 heterocycles. The Hall–Kier alpha value is -0.0800. The van der Waals surface area contributed by atoms with Gasteiger partial charge in [0.1, 0.15) is 0 Å². The lowest BCUT2D eigenvalue weighted by Gasteiger charge is -2.53. The highest BCUT2D eigenvalue weighted by Gasteiger charge is 2.45. The first-order chi connectivity index (χ1) is 7.73. The normalized spacial score (nSPS) is 33.4. The molecule has 1 saturated carbocycles. The average molecular weight is 240 g/mol. The molecule has 2 N–H and O–H groups in total. The summed E-state index contributed by atoms with van der Waals surface area (Å²) in [5.41, 5.74) is 6.88. The van der Waals surface area contributed by atoms with Crippen LogP contribution in [0.2, 0.25) is 0 Å². The molecule has 0 bridgehead atoms. The highest BCUT2D eigenvalue weighted by atomic mass is 15.2. The summed E-state index contributed by atoms with van der Waals surface area (Å²) < 4.78 is 0. The van der Waals surface area contributed by atoms with Crippen LogP contribution in [0.1, 0.15) is 53.9 Å². The predicted octanol–water partition coefficient (Wildman–Crippen LogP) is 3.12. The van der Waals surface area contributed by atoms with Crippen LogP contribution in [0.15, 0.2) is 0 Å². The Morgan fingerprint density at radius 1 is 1.29 bits per heavy atom. The van der Waals surface area contributed by atoms with Crippen LogP contribution in [0.4, 0.5) is 0 Å². The SMILES string of the molecule is CC(C)CN(C)C1(CN)CCC(C)(C)CC1C. The van der Waals surface area contributed by atoms with Crippen molar-refractivity contribution in [2.45, 2.75) is 59.4 Å². The summed E-state index contributed by atoms with van der Waals surface area (Å²) in [4.78, 5) is 2.54. The molecule has 0 aromatic rings. The lowest BCUT2D eigenvalue weighted by molar-refractivity contribution is -0.0124. The van der Waals surface area contributed by atoms with Crippen LogP contribution in [-0.4, -0.2) is 30.6 Å². The van der Waals surface area contributed by atoms with Crippen molar-refractivity contribution in [3.63, 3.8) is 0 Å². The quantitative estimate of drug-likeness (QED) is 0.818. The Balaban J connectivity index is 2.82. The first kappa shape index (κ1) is 15.0. The summed E-state index contributed by atoms with van der Waals surface area (Å²) in [5, 5.41) is 0. The Bertz CT molecular complexity index is 241. The summed E-state index contributed by atoms with van der Waals surface area (Å²) >= 11 is 0. The molecule has 0 aromatic heterocycles. The molecule has 1 aliphatic rings. The molecule has 0 aromatic carbocycles. The number of hydrogen-bond acceptors (Lipinski definition) is 2. The average Bonchev–Trinajstić information content (AvgIpc) is 2.16. The fraction of sp³-hybridized carbons (Fsp3) is 1.00. The van der Waals surface area contributed by atoms with Crippen molar-refractivity contribution < 1.29 is 0 Å². The Morgan fingerprint density at radius 2 is 1.88 bits per heavy atom. The van der Waals surface area contributed by atoms with Gasteiger partial charge in [-0.2, -0.15) is 0 Å². The van der Waals surface area contributed by atoms with Gasteiger partial charge in [0.2, 0.25) is 0 Å². The van der Waals surface area contributed by atoms with E-state index >= 15 is 0 Å². The van der Waals surface area contributed by atoms with Crippen molar-refractivity contribution in [2.75, 3.05) is 20.1 Å². The third kappa shape index (κ3) is 3.23. The molecule has 1 rings (SSSR count). The zero-order valence-electron chi connectivity index (χ0n) is 12.7. The molecule has 1 fully saturated rings. The van der Waals surface area contributed by atoms with Gasteiger partial charge in [-0.1, -0.05) is 34.6 Å². The zero-order valence-corrected chi connectivity index (χ0v) is 12.7.